The van der Waals surface area contributed by atoms with Crippen LogP contribution < -0.4 is 5.32 Å². The van der Waals surface area contributed by atoms with E-state index in [1.54, 1.807) is 30.6 Å². The Kier molecular flexibility index (Phi) is 9.50. The SMILES string of the molecule is C=C/C(=C\C(=C/C)c1ccc2[nH]nc(-c3nc4c(-c5cc(F)cc(CN6CCC6)c5)cncc4[nH]3)c2c1)NC(=C)CC.CC. The van der Waals surface area contributed by atoms with Gasteiger partial charge in [-0.3, -0.25) is 15.0 Å². The molecule has 6 rings (SSSR count). The lowest BCUT2D eigenvalue weighted by molar-refractivity contribution is 0.172. The zero-order valence-corrected chi connectivity index (χ0v) is 26.0. The zero-order valence-electron chi connectivity index (χ0n) is 26.0. The highest BCUT2D eigenvalue weighted by Crippen LogP contribution is 2.33. The summed E-state index contributed by atoms with van der Waals surface area (Å²) >= 11 is 0. The van der Waals surface area contributed by atoms with E-state index < -0.39 is 0 Å². The number of halogens is 1. The van der Waals surface area contributed by atoms with E-state index in [1.165, 1.54) is 6.42 Å². The highest BCUT2D eigenvalue weighted by atomic mass is 19.1. The Bertz CT molecular complexity index is 1870. The van der Waals surface area contributed by atoms with Crippen molar-refractivity contribution < 1.29 is 4.39 Å². The third-order valence-electron chi connectivity index (χ3n) is 7.73. The number of hydrogen-bond acceptors (Lipinski definition) is 5. The van der Waals surface area contributed by atoms with Gasteiger partial charge in [0.2, 0.25) is 0 Å². The van der Waals surface area contributed by atoms with Crippen LogP contribution in [0.4, 0.5) is 4.39 Å². The van der Waals surface area contributed by atoms with Crippen LogP contribution in [0.5, 0.6) is 0 Å². The average Bonchev–Trinajstić information content (AvgIpc) is 3.65. The predicted molar refractivity (Wildman–Crippen MR) is 180 cm³/mol. The van der Waals surface area contributed by atoms with E-state index in [-0.39, 0.29) is 5.82 Å². The highest BCUT2D eigenvalue weighted by molar-refractivity contribution is 5.98. The van der Waals surface area contributed by atoms with E-state index in [4.69, 9.17) is 4.98 Å². The topological polar surface area (TPSA) is 85.5 Å². The summed E-state index contributed by atoms with van der Waals surface area (Å²) < 4.78 is 14.7. The van der Waals surface area contributed by atoms with E-state index in [0.29, 0.717) is 11.5 Å². The highest BCUT2D eigenvalue weighted by Gasteiger charge is 2.18. The first-order chi connectivity index (χ1) is 21.4. The number of likely N-dealkylation sites (tertiary alicyclic amines) is 1. The van der Waals surface area contributed by atoms with Crippen molar-refractivity contribution in [2.24, 2.45) is 0 Å². The van der Waals surface area contributed by atoms with E-state index in [1.807, 2.05) is 32.9 Å². The zero-order chi connectivity index (χ0) is 31.2. The number of aromatic nitrogens is 5. The fraction of sp³-hybridized carbons (Fsp3) is 0.250. The maximum absolute atomic E-state index is 14.7. The Morgan fingerprint density at radius 1 is 1.11 bits per heavy atom. The second kappa shape index (κ2) is 13.7. The molecule has 0 atom stereocenters. The molecule has 0 unspecified atom stereocenters. The van der Waals surface area contributed by atoms with Crippen LogP contribution in [0.3, 0.4) is 0 Å². The third kappa shape index (κ3) is 6.40. The molecular formula is C36H40FN7. The van der Waals surface area contributed by atoms with E-state index in [0.717, 1.165) is 87.2 Å². The Balaban J connectivity index is 0.00000188. The molecule has 0 spiro atoms. The molecule has 2 aromatic carbocycles. The first-order valence-corrected chi connectivity index (χ1v) is 15.3. The molecule has 1 aliphatic heterocycles. The summed E-state index contributed by atoms with van der Waals surface area (Å²) in [6.07, 6.45) is 11.4. The Labute approximate surface area is 258 Å². The lowest BCUT2D eigenvalue weighted by Gasteiger charge is -2.30. The molecule has 7 nitrogen and oxygen atoms in total. The maximum Gasteiger partial charge on any atom is 0.159 e. The molecule has 5 aromatic rings. The normalized spacial score (nSPS) is 13.8. The van der Waals surface area contributed by atoms with Crippen molar-refractivity contribution in [2.45, 2.75) is 47.1 Å². The number of nitrogens with one attached hydrogen (secondary N) is 3. The number of aromatic amines is 2. The van der Waals surface area contributed by atoms with Gasteiger partial charge >= 0.3 is 0 Å². The maximum atomic E-state index is 14.7. The van der Waals surface area contributed by atoms with Crippen LogP contribution in [0.1, 0.15) is 51.7 Å². The molecule has 0 saturated carbocycles. The summed E-state index contributed by atoms with van der Waals surface area (Å²) in [6.45, 7) is 18.9. The van der Waals surface area contributed by atoms with Gasteiger partial charge in [0.1, 0.15) is 11.5 Å². The van der Waals surface area contributed by atoms with Gasteiger partial charge in [0.05, 0.1) is 22.7 Å². The molecule has 1 fully saturated rings. The van der Waals surface area contributed by atoms with Gasteiger partial charge < -0.3 is 10.3 Å². The molecule has 0 radical (unpaired) electrons. The molecule has 0 aliphatic carbocycles. The van der Waals surface area contributed by atoms with Gasteiger partial charge in [0.25, 0.3) is 0 Å². The second-order valence-corrected chi connectivity index (χ2v) is 10.6. The number of benzene rings is 2. The lowest BCUT2D eigenvalue weighted by Crippen LogP contribution is -2.36. The molecule has 0 bridgehead atoms. The van der Waals surface area contributed by atoms with Crippen LogP contribution in [-0.2, 0) is 6.54 Å². The van der Waals surface area contributed by atoms with E-state index >= 15 is 0 Å². The number of rotatable bonds is 10. The minimum Gasteiger partial charge on any atom is -0.359 e. The smallest absolute Gasteiger partial charge is 0.159 e. The van der Waals surface area contributed by atoms with Crippen LogP contribution in [0, 0.1) is 5.82 Å². The number of hydrogen-bond donors (Lipinski definition) is 3. The van der Waals surface area contributed by atoms with Crippen molar-refractivity contribution in [1.29, 1.82) is 0 Å². The Morgan fingerprint density at radius 3 is 2.64 bits per heavy atom. The summed E-state index contributed by atoms with van der Waals surface area (Å²) in [4.78, 5) is 15.1. The largest absolute Gasteiger partial charge is 0.359 e. The molecule has 1 aliphatic rings. The predicted octanol–water partition coefficient (Wildman–Crippen LogP) is 8.53. The van der Waals surface area contributed by atoms with Gasteiger partial charge in [0, 0.05) is 35.1 Å². The first kappa shape index (κ1) is 30.6. The van der Waals surface area contributed by atoms with Crippen LogP contribution in [0.2, 0.25) is 0 Å². The summed E-state index contributed by atoms with van der Waals surface area (Å²) in [5, 5.41) is 12.0. The van der Waals surface area contributed by atoms with Gasteiger partial charge in [-0.2, -0.15) is 5.10 Å². The molecule has 1 saturated heterocycles. The van der Waals surface area contributed by atoms with Crippen molar-refractivity contribution in [3.8, 4) is 22.6 Å². The first-order valence-electron chi connectivity index (χ1n) is 15.3. The quantitative estimate of drug-likeness (QED) is 0.142. The fourth-order valence-corrected chi connectivity index (χ4v) is 5.27. The lowest BCUT2D eigenvalue weighted by atomic mass is 10.0. The van der Waals surface area contributed by atoms with Gasteiger partial charge in [0.15, 0.2) is 5.82 Å². The molecule has 8 heteroatoms. The number of allylic oxidation sites excluding steroid dienone is 5. The van der Waals surface area contributed by atoms with Crippen LogP contribution in [-0.4, -0.2) is 43.1 Å². The second-order valence-electron chi connectivity index (χ2n) is 10.6. The summed E-state index contributed by atoms with van der Waals surface area (Å²) in [5.41, 5.74) is 9.44. The van der Waals surface area contributed by atoms with Crippen molar-refractivity contribution >= 4 is 27.5 Å². The third-order valence-corrected chi connectivity index (χ3v) is 7.73. The van der Waals surface area contributed by atoms with Crippen molar-refractivity contribution in [3.63, 3.8) is 0 Å². The summed E-state index contributed by atoms with van der Waals surface area (Å²) in [7, 11) is 0. The van der Waals surface area contributed by atoms with Crippen LogP contribution in [0.15, 0.2) is 91.6 Å². The molecule has 0 amide bonds. The monoisotopic (exact) mass is 589 g/mol. The van der Waals surface area contributed by atoms with Crippen LogP contribution >= 0.6 is 0 Å². The number of pyridine rings is 1. The van der Waals surface area contributed by atoms with E-state index in [9.17, 15) is 4.39 Å². The number of H-pyrrole nitrogens is 2. The van der Waals surface area contributed by atoms with Crippen molar-refractivity contribution in [2.75, 3.05) is 13.1 Å². The van der Waals surface area contributed by atoms with Gasteiger partial charge in [-0.1, -0.05) is 46.1 Å². The Morgan fingerprint density at radius 2 is 1.93 bits per heavy atom. The van der Waals surface area contributed by atoms with Crippen LogP contribution in [0.25, 0.3) is 50.2 Å². The van der Waals surface area contributed by atoms with Crippen molar-refractivity contribution in [1.82, 2.24) is 35.4 Å². The molecule has 3 aromatic heterocycles. The molecular weight excluding hydrogens is 549 g/mol. The summed E-state index contributed by atoms with van der Waals surface area (Å²) in [6, 6.07) is 11.4. The van der Waals surface area contributed by atoms with Gasteiger partial charge in [-0.05, 0) is 97.6 Å². The fourth-order valence-electron chi connectivity index (χ4n) is 5.27. The number of imidazole rings is 1. The standard InChI is InChI=1S/C34H34FN7.C2H6/c1-5-21(4)37-27(7-3)16-23(6-2)24-9-10-30-28(17-24)33(41-40-30)34-38-31-19-36-18-29(32(31)39-34)25-13-22(14-26(35)15-25)20-42-11-8-12-42;1-2/h6-7,9-10,13-19,37H,3-5,8,11-12,20H2,1-2H3,(H,38,39)(H,40,41);1-2H3/b23-6+,27-16+;. The molecule has 4 heterocycles. The molecule has 44 heavy (non-hydrogen) atoms. The van der Waals surface area contributed by atoms with Crippen molar-refractivity contribution in [3.05, 3.63) is 109 Å². The molecule has 226 valence electrons. The van der Waals surface area contributed by atoms with E-state index in [2.05, 4.69) is 74.7 Å². The minimum atomic E-state index is -0.260. The number of fused-ring (bicyclic) bond motifs is 2. The Hall–Kier alpha value is -4.82. The average molecular weight is 590 g/mol. The van der Waals surface area contributed by atoms with Gasteiger partial charge in [-0.15, -0.1) is 0 Å². The minimum absolute atomic E-state index is 0.260. The molecule has 3 N–H and O–H groups in total. The van der Waals surface area contributed by atoms with Gasteiger partial charge in [-0.25, -0.2) is 9.37 Å². The summed E-state index contributed by atoms with van der Waals surface area (Å²) in [5.74, 6) is 0.356. The number of nitrogens with zero attached hydrogens (tertiary/aromatic N) is 4.